The summed E-state index contributed by atoms with van der Waals surface area (Å²) < 4.78 is 7.82. The van der Waals surface area contributed by atoms with E-state index in [0.717, 1.165) is 35.5 Å². The molecule has 2 amide bonds. The van der Waals surface area contributed by atoms with Crippen LogP contribution in [-0.2, 0) is 32.3 Å². The third-order valence-electron chi connectivity index (χ3n) is 6.18. The highest BCUT2D eigenvalue weighted by Gasteiger charge is 2.55. The van der Waals surface area contributed by atoms with Crippen LogP contribution in [0.4, 0.5) is 5.13 Å². The van der Waals surface area contributed by atoms with E-state index < -0.39 is 29.2 Å². The van der Waals surface area contributed by atoms with E-state index in [1.807, 2.05) is 27.6 Å². The topological polar surface area (TPSA) is 208 Å². The van der Waals surface area contributed by atoms with E-state index >= 15 is 0 Å². The van der Waals surface area contributed by atoms with Crippen molar-refractivity contribution in [2.24, 2.45) is 10.9 Å². The van der Waals surface area contributed by atoms with Crippen molar-refractivity contribution in [3.05, 3.63) is 41.9 Å². The summed E-state index contributed by atoms with van der Waals surface area (Å²) in [6.07, 6.45) is 6.27. The average Bonchev–Trinajstić information content (AvgIpc) is 3.54. The molecule has 0 bridgehead atoms. The Bertz CT molecular complexity index is 1520. The fourth-order valence-corrected chi connectivity index (χ4v) is 6.20. The van der Waals surface area contributed by atoms with Gasteiger partial charge in [0.2, 0.25) is 11.5 Å². The van der Waals surface area contributed by atoms with Gasteiger partial charge >= 0.3 is 5.97 Å². The molecule has 2 aliphatic rings. The molecule has 0 spiro atoms. The molecule has 0 radical (unpaired) electrons. The minimum absolute atomic E-state index is 0.0385. The zero-order valence-electron chi connectivity index (χ0n) is 20.7. The Kier molecular flexibility index (Phi) is 7.45. The molecule has 5 rings (SSSR count). The van der Waals surface area contributed by atoms with Gasteiger partial charge in [0.05, 0.1) is 11.8 Å². The minimum Gasteiger partial charge on any atom is -0.477 e. The predicted molar refractivity (Wildman–Crippen MR) is 141 cm³/mol. The number of oxime groups is 1. The number of rotatable bonds is 10. The summed E-state index contributed by atoms with van der Waals surface area (Å²) in [6, 6.07) is 0.959. The van der Waals surface area contributed by atoms with Gasteiger partial charge in [-0.3, -0.25) is 14.5 Å². The molecule has 3 aromatic heterocycles. The number of hydrogen-bond donors (Lipinski definition) is 4. The molecule has 2 unspecified atom stereocenters. The maximum absolute atomic E-state index is 13.1. The number of nitrogens with zero attached hydrogens (tertiary/aromatic N) is 7. The van der Waals surface area contributed by atoms with Crippen molar-refractivity contribution < 1.29 is 28.9 Å². The first-order valence-corrected chi connectivity index (χ1v) is 13.6. The average molecular weight is 574 g/mol. The second-order valence-corrected chi connectivity index (χ2v) is 10.6. The van der Waals surface area contributed by atoms with Gasteiger partial charge < -0.3 is 31.3 Å². The quantitative estimate of drug-likeness (QED) is 0.0990. The molecule has 1 fully saturated rings. The second kappa shape index (κ2) is 11.0. The fourth-order valence-electron chi connectivity index (χ4n) is 4.43. The van der Waals surface area contributed by atoms with E-state index in [2.05, 4.69) is 24.8 Å². The lowest BCUT2D eigenvalue weighted by Crippen LogP contribution is -2.71. The third-order valence-corrected chi connectivity index (χ3v) is 8.07. The number of imidazole rings is 1. The number of hydrogen-bond acceptors (Lipinski definition) is 12. The number of aryl methyl sites for hydroxylation is 1. The van der Waals surface area contributed by atoms with Gasteiger partial charge in [0.25, 0.3) is 11.8 Å². The highest BCUT2D eigenvalue weighted by atomic mass is 32.2. The third kappa shape index (κ3) is 5.02. The second-order valence-electron chi connectivity index (χ2n) is 8.66. The van der Waals surface area contributed by atoms with Gasteiger partial charge in [0.15, 0.2) is 29.6 Å². The van der Waals surface area contributed by atoms with Crippen LogP contribution in [0.5, 0.6) is 0 Å². The summed E-state index contributed by atoms with van der Waals surface area (Å²) in [7, 11) is 1.25. The molecular weight excluding hydrogens is 548 g/mol. The van der Waals surface area contributed by atoms with E-state index in [1.54, 1.807) is 6.33 Å². The summed E-state index contributed by atoms with van der Waals surface area (Å²) in [5.41, 5.74) is 13.2. The molecule has 2 atom stereocenters. The highest BCUT2D eigenvalue weighted by molar-refractivity contribution is 8.00. The highest BCUT2D eigenvalue weighted by Crippen LogP contribution is 2.40. The van der Waals surface area contributed by atoms with E-state index in [0.29, 0.717) is 17.9 Å². The van der Waals surface area contributed by atoms with Crippen molar-refractivity contribution in [2.75, 3.05) is 25.1 Å². The van der Waals surface area contributed by atoms with E-state index in [9.17, 15) is 19.5 Å². The molecule has 39 heavy (non-hydrogen) atoms. The SMILES string of the molecule is CO/N=C(\C(=O)NC1C(=O)N2C(C(=O)O)=C(C[n+]3ccc4c(c3)ncn4CCCN)CSC12)c1nsc(N)n1. The number of fused-ring (bicyclic) bond motifs is 2. The lowest BCUT2D eigenvalue weighted by Gasteiger charge is -2.49. The molecule has 0 aliphatic carbocycles. The number of amides is 2. The Balaban J connectivity index is 1.33. The Morgan fingerprint density at radius 1 is 1.41 bits per heavy atom. The lowest BCUT2D eigenvalue weighted by atomic mass is 10.0. The van der Waals surface area contributed by atoms with Crippen LogP contribution >= 0.6 is 23.3 Å². The number of thioether (sulfide) groups is 1. The van der Waals surface area contributed by atoms with Crippen molar-refractivity contribution in [1.82, 2.24) is 29.1 Å². The summed E-state index contributed by atoms with van der Waals surface area (Å²) in [6.45, 7) is 1.59. The Morgan fingerprint density at radius 3 is 2.92 bits per heavy atom. The number of carboxylic acid groups (broad SMARTS) is 1. The molecule has 15 nitrogen and oxygen atoms in total. The Labute approximate surface area is 229 Å². The summed E-state index contributed by atoms with van der Waals surface area (Å²) >= 11 is 2.24. The van der Waals surface area contributed by atoms with E-state index in [4.69, 9.17) is 16.3 Å². The minimum atomic E-state index is -1.22. The van der Waals surface area contributed by atoms with E-state index in [-0.39, 0.29) is 28.9 Å². The van der Waals surface area contributed by atoms with Gasteiger partial charge in [0, 0.05) is 35.5 Å². The van der Waals surface area contributed by atoms with Crippen molar-refractivity contribution in [1.29, 1.82) is 0 Å². The molecule has 204 valence electrons. The first-order valence-electron chi connectivity index (χ1n) is 11.8. The maximum Gasteiger partial charge on any atom is 0.352 e. The van der Waals surface area contributed by atoms with Crippen LogP contribution in [0.3, 0.4) is 0 Å². The van der Waals surface area contributed by atoms with Crippen LogP contribution in [-0.4, -0.2) is 83.2 Å². The zero-order valence-corrected chi connectivity index (χ0v) is 22.3. The van der Waals surface area contributed by atoms with Gasteiger partial charge in [-0.05, 0) is 13.0 Å². The fraction of sp³-hybridized carbons (Fsp3) is 0.364. The maximum atomic E-state index is 13.1. The Morgan fingerprint density at radius 2 is 2.23 bits per heavy atom. The summed E-state index contributed by atoms with van der Waals surface area (Å²) in [5, 5.41) is 15.8. The number of carbonyl (C=O) groups is 3. The predicted octanol–water partition coefficient (Wildman–Crippen LogP) is -1.10. The monoisotopic (exact) mass is 573 g/mol. The van der Waals surface area contributed by atoms with Crippen LogP contribution in [0.15, 0.2) is 41.2 Å². The molecule has 3 aromatic rings. The van der Waals surface area contributed by atoms with Gasteiger partial charge in [0.1, 0.15) is 24.2 Å². The Hall–Kier alpha value is -4.09. The number of β-lactam (4-membered cyclic amide) rings is 1. The first kappa shape index (κ1) is 26.5. The van der Waals surface area contributed by atoms with Gasteiger partial charge in [-0.25, -0.2) is 9.78 Å². The molecule has 0 saturated carbocycles. The van der Waals surface area contributed by atoms with Gasteiger partial charge in [-0.1, -0.05) is 5.16 Å². The number of carboxylic acids is 1. The largest absolute Gasteiger partial charge is 0.477 e. The van der Waals surface area contributed by atoms with Crippen LogP contribution in [0.1, 0.15) is 12.2 Å². The van der Waals surface area contributed by atoms with E-state index in [1.165, 1.54) is 23.8 Å². The van der Waals surface area contributed by atoms with Crippen LogP contribution < -0.4 is 21.4 Å². The lowest BCUT2D eigenvalue weighted by molar-refractivity contribution is -0.687. The number of aliphatic carboxylic acids is 1. The number of nitrogens with one attached hydrogen (secondary N) is 1. The van der Waals surface area contributed by atoms with Crippen molar-refractivity contribution in [3.8, 4) is 0 Å². The number of aromatic nitrogens is 5. The molecule has 2 aliphatic heterocycles. The van der Waals surface area contributed by atoms with Crippen molar-refractivity contribution in [3.63, 3.8) is 0 Å². The summed E-state index contributed by atoms with van der Waals surface area (Å²) in [5.74, 6) is -2.19. The number of nitrogen functional groups attached to an aromatic ring is 1. The standard InChI is InChI=1S/C22H24N10O5S2/c1-37-28-14(17-27-22(24)39-29-17)18(33)26-15-19(34)32-16(21(35)36)11(9-38-20(15)32)7-30-6-3-13-12(8-30)25-10-31(13)5-2-4-23/h3,6,8,10,15,20H,2,4-5,7,9,23H2,1H3,(H3-,24,26,27,29,33,35,36)/p+1/b28-14-. The van der Waals surface area contributed by atoms with Gasteiger partial charge in [-0.15, -0.1) is 11.8 Å². The zero-order chi connectivity index (χ0) is 27.7. The smallest absolute Gasteiger partial charge is 0.352 e. The summed E-state index contributed by atoms with van der Waals surface area (Å²) in [4.78, 5) is 52.6. The molecule has 6 N–H and O–H groups in total. The van der Waals surface area contributed by atoms with Crippen molar-refractivity contribution in [2.45, 2.75) is 30.9 Å². The van der Waals surface area contributed by atoms with Crippen LogP contribution in [0, 0.1) is 0 Å². The number of nitrogens with two attached hydrogens (primary N) is 2. The number of carbonyl (C=O) groups excluding carboxylic acids is 2. The molecule has 1 saturated heterocycles. The number of pyridine rings is 1. The van der Waals surface area contributed by atoms with Gasteiger partial charge in [-0.2, -0.15) is 13.9 Å². The molecule has 0 aromatic carbocycles. The molecular formula is C22H25N10O5S2+. The number of anilines is 1. The molecule has 17 heteroatoms. The van der Waals surface area contributed by atoms with Crippen molar-refractivity contribution >= 4 is 63.0 Å². The van der Waals surface area contributed by atoms with Crippen LogP contribution in [0.25, 0.3) is 11.0 Å². The van der Waals surface area contributed by atoms with Crippen LogP contribution in [0.2, 0.25) is 0 Å². The first-order chi connectivity index (χ1) is 18.8. The normalized spacial score (nSPS) is 19.2. The molecule has 5 heterocycles.